The van der Waals surface area contributed by atoms with Crippen LogP contribution in [0, 0.1) is 0 Å². The molecule has 0 atom stereocenters. The molecule has 0 spiro atoms. The normalized spacial score (nSPS) is 18.4. The number of benzene rings is 1. The summed E-state index contributed by atoms with van der Waals surface area (Å²) in [6.07, 6.45) is 4.07. The van der Waals surface area contributed by atoms with Gasteiger partial charge in [0.05, 0.1) is 10.4 Å². The van der Waals surface area contributed by atoms with Crippen molar-refractivity contribution in [3.05, 3.63) is 41.0 Å². The van der Waals surface area contributed by atoms with E-state index in [0.29, 0.717) is 37.3 Å². The maximum atomic E-state index is 13.1. The third kappa shape index (κ3) is 3.43. The number of fused-ring (bicyclic) bond motifs is 1. The summed E-state index contributed by atoms with van der Waals surface area (Å²) in [6.45, 7) is 3.74. The molecule has 0 aliphatic carbocycles. The zero-order chi connectivity index (χ0) is 20.7. The largest absolute Gasteiger partial charge is 0.417 e. The summed E-state index contributed by atoms with van der Waals surface area (Å²) < 4.78 is 32.5. The van der Waals surface area contributed by atoms with Crippen LogP contribution in [-0.4, -0.2) is 66.9 Å². The highest BCUT2D eigenvalue weighted by Gasteiger charge is 2.29. The van der Waals surface area contributed by atoms with E-state index in [1.807, 2.05) is 6.07 Å². The maximum absolute atomic E-state index is 13.1. The van der Waals surface area contributed by atoms with Crippen LogP contribution < -0.4 is 15.6 Å². The molecule has 1 N–H and O–H groups in total. The number of nitrogens with zero attached hydrogens (tertiary/aromatic N) is 5. The van der Waals surface area contributed by atoms with Crippen molar-refractivity contribution < 1.29 is 12.8 Å². The highest BCUT2D eigenvalue weighted by atomic mass is 32.2. The second-order valence-electron chi connectivity index (χ2n) is 7.47. The van der Waals surface area contributed by atoms with Crippen molar-refractivity contribution in [2.24, 2.45) is 0 Å². The van der Waals surface area contributed by atoms with Crippen molar-refractivity contribution in [3.8, 4) is 0 Å². The van der Waals surface area contributed by atoms with Crippen LogP contribution in [0.3, 0.4) is 0 Å². The Balaban J connectivity index is 1.31. The number of hydrogen-bond donors (Lipinski definition) is 1. The quantitative estimate of drug-likeness (QED) is 0.652. The van der Waals surface area contributed by atoms with E-state index in [4.69, 9.17) is 4.42 Å². The molecule has 2 aliphatic heterocycles. The SMILES string of the molecule is O=c1[nH]c2cc(S(=O)(=O)N3CCN(c4ccnc(N5CCCC5)n4)CC3)ccc2o1. The first-order valence-electron chi connectivity index (χ1n) is 9.97. The summed E-state index contributed by atoms with van der Waals surface area (Å²) in [5.41, 5.74) is 0.705. The summed E-state index contributed by atoms with van der Waals surface area (Å²) >= 11 is 0. The van der Waals surface area contributed by atoms with Crippen molar-refractivity contribution in [2.45, 2.75) is 17.7 Å². The van der Waals surface area contributed by atoms with Gasteiger partial charge in [0.2, 0.25) is 16.0 Å². The average Bonchev–Trinajstić information content (AvgIpc) is 3.42. The van der Waals surface area contributed by atoms with E-state index in [1.54, 1.807) is 6.20 Å². The van der Waals surface area contributed by atoms with Gasteiger partial charge in [0.1, 0.15) is 5.82 Å². The van der Waals surface area contributed by atoms with E-state index in [2.05, 4.69) is 24.8 Å². The van der Waals surface area contributed by atoms with Gasteiger partial charge >= 0.3 is 5.76 Å². The van der Waals surface area contributed by atoms with Crippen LogP contribution in [0.2, 0.25) is 0 Å². The Labute approximate surface area is 173 Å². The first kappa shape index (κ1) is 19.1. The standard InChI is InChI=1S/C19H22N6O4S/c26-19-21-15-13-14(3-4-16(15)29-19)30(27,28)25-11-9-23(10-12-25)17-5-6-20-18(22-17)24-7-1-2-8-24/h3-6,13H,1-2,7-12H2,(H,21,26). The molecule has 4 heterocycles. The first-order valence-corrected chi connectivity index (χ1v) is 11.4. The molecule has 0 unspecified atom stereocenters. The van der Waals surface area contributed by atoms with E-state index in [1.165, 1.54) is 22.5 Å². The molecule has 3 aromatic rings. The van der Waals surface area contributed by atoms with Gasteiger partial charge in [-0.1, -0.05) is 0 Å². The first-order chi connectivity index (χ1) is 14.5. The van der Waals surface area contributed by atoms with Gasteiger partial charge in [0.25, 0.3) is 0 Å². The topological polar surface area (TPSA) is 116 Å². The van der Waals surface area contributed by atoms with Gasteiger partial charge in [-0.2, -0.15) is 9.29 Å². The molecule has 0 amide bonds. The van der Waals surface area contributed by atoms with Crippen molar-refractivity contribution in [1.29, 1.82) is 0 Å². The lowest BCUT2D eigenvalue weighted by atomic mass is 10.3. The number of piperazine rings is 1. The Hall–Kier alpha value is -2.92. The lowest BCUT2D eigenvalue weighted by Crippen LogP contribution is -2.49. The Kier molecular flexibility index (Phi) is 4.70. The number of rotatable bonds is 4. The number of H-pyrrole nitrogens is 1. The van der Waals surface area contributed by atoms with Crippen LogP contribution >= 0.6 is 0 Å². The number of aromatic amines is 1. The van der Waals surface area contributed by atoms with Gasteiger partial charge in [-0.25, -0.2) is 18.2 Å². The number of oxazole rings is 1. The zero-order valence-electron chi connectivity index (χ0n) is 16.3. The molecule has 2 aliphatic rings. The zero-order valence-corrected chi connectivity index (χ0v) is 17.1. The van der Waals surface area contributed by atoms with Crippen LogP contribution in [-0.2, 0) is 10.0 Å². The summed E-state index contributed by atoms with van der Waals surface area (Å²) in [6, 6.07) is 6.27. The van der Waals surface area contributed by atoms with Gasteiger partial charge in [-0.15, -0.1) is 0 Å². The van der Waals surface area contributed by atoms with Gasteiger partial charge in [-0.05, 0) is 37.1 Å². The summed E-state index contributed by atoms with van der Waals surface area (Å²) in [4.78, 5) is 27.3. The lowest BCUT2D eigenvalue weighted by Gasteiger charge is -2.34. The maximum Gasteiger partial charge on any atom is 0.417 e. The molecule has 0 bridgehead atoms. The van der Waals surface area contributed by atoms with Crippen molar-refractivity contribution in [2.75, 3.05) is 49.1 Å². The molecular weight excluding hydrogens is 408 g/mol. The fourth-order valence-electron chi connectivity index (χ4n) is 3.98. The van der Waals surface area contributed by atoms with Crippen LogP contribution in [0.15, 0.2) is 44.6 Å². The molecular formula is C19H22N6O4S. The molecule has 30 heavy (non-hydrogen) atoms. The van der Waals surface area contributed by atoms with Crippen LogP contribution in [0.1, 0.15) is 12.8 Å². The molecule has 0 saturated carbocycles. The Morgan fingerprint density at radius 3 is 2.50 bits per heavy atom. The van der Waals surface area contributed by atoms with Gasteiger partial charge in [0, 0.05) is 45.5 Å². The molecule has 10 nitrogen and oxygen atoms in total. The highest BCUT2D eigenvalue weighted by Crippen LogP contribution is 2.24. The third-order valence-electron chi connectivity index (χ3n) is 5.61. The highest BCUT2D eigenvalue weighted by molar-refractivity contribution is 7.89. The van der Waals surface area contributed by atoms with Crippen molar-refractivity contribution >= 4 is 32.9 Å². The molecule has 11 heteroatoms. The van der Waals surface area contributed by atoms with Gasteiger partial charge in [-0.3, -0.25) is 4.98 Å². The minimum atomic E-state index is -3.67. The summed E-state index contributed by atoms with van der Waals surface area (Å²) in [7, 11) is -3.67. The van der Waals surface area contributed by atoms with Gasteiger partial charge < -0.3 is 14.2 Å². The molecule has 5 rings (SSSR count). The predicted molar refractivity (Wildman–Crippen MR) is 111 cm³/mol. The number of sulfonamides is 1. The molecule has 0 radical (unpaired) electrons. The molecule has 2 fully saturated rings. The monoisotopic (exact) mass is 430 g/mol. The predicted octanol–water partition coefficient (Wildman–Crippen LogP) is 1.02. The number of hydrogen-bond acceptors (Lipinski definition) is 8. The van der Waals surface area contributed by atoms with E-state index in [9.17, 15) is 13.2 Å². The van der Waals surface area contributed by atoms with Crippen molar-refractivity contribution in [3.63, 3.8) is 0 Å². The number of nitrogens with one attached hydrogen (secondary N) is 1. The summed E-state index contributed by atoms with van der Waals surface area (Å²) in [5.74, 6) is 0.954. The van der Waals surface area contributed by atoms with Crippen LogP contribution in [0.25, 0.3) is 11.1 Å². The Morgan fingerprint density at radius 2 is 1.73 bits per heavy atom. The molecule has 2 saturated heterocycles. The Bertz CT molecular complexity index is 1220. The van der Waals surface area contributed by atoms with Crippen LogP contribution in [0.5, 0.6) is 0 Å². The fourth-order valence-corrected chi connectivity index (χ4v) is 5.43. The van der Waals surface area contributed by atoms with E-state index in [-0.39, 0.29) is 4.90 Å². The van der Waals surface area contributed by atoms with E-state index >= 15 is 0 Å². The number of aromatic nitrogens is 3. The van der Waals surface area contributed by atoms with Crippen molar-refractivity contribution in [1.82, 2.24) is 19.3 Å². The third-order valence-corrected chi connectivity index (χ3v) is 7.50. The van der Waals surface area contributed by atoms with Crippen LogP contribution in [0.4, 0.5) is 11.8 Å². The minimum Gasteiger partial charge on any atom is -0.408 e. The second-order valence-corrected chi connectivity index (χ2v) is 9.41. The smallest absolute Gasteiger partial charge is 0.408 e. The van der Waals surface area contributed by atoms with E-state index in [0.717, 1.165) is 37.7 Å². The molecule has 158 valence electrons. The average molecular weight is 430 g/mol. The fraction of sp³-hybridized carbons (Fsp3) is 0.421. The minimum absolute atomic E-state index is 0.138. The second kappa shape index (κ2) is 7.40. The Morgan fingerprint density at radius 1 is 0.967 bits per heavy atom. The molecule has 2 aromatic heterocycles. The van der Waals surface area contributed by atoms with E-state index < -0.39 is 15.8 Å². The van der Waals surface area contributed by atoms with Gasteiger partial charge in [0.15, 0.2) is 5.58 Å². The molecule has 1 aromatic carbocycles. The summed E-state index contributed by atoms with van der Waals surface area (Å²) in [5, 5.41) is 0. The lowest BCUT2D eigenvalue weighted by molar-refractivity contribution is 0.384. The number of anilines is 2.